The van der Waals surface area contributed by atoms with E-state index in [9.17, 15) is 9.90 Å². The van der Waals surface area contributed by atoms with E-state index in [1.165, 1.54) is 0 Å². The number of hydrogen-bond donors (Lipinski definition) is 1. The zero-order chi connectivity index (χ0) is 60.5. The van der Waals surface area contributed by atoms with E-state index < -0.39 is 92.1 Å². The summed E-state index contributed by atoms with van der Waals surface area (Å²) in [5, 5.41) is 11.9. The third-order valence-corrected chi connectivity index (χ3v) is 32.7. The van der Waals surface area contributed by atoms with Crippen molar-refractivity contribution in [1.29, 1.82) is 0 Å². The molecule has 8 aliphatic rings. The highest BCUT2D eigenvalue weighted by atomic mass is 79.9. The predicted octanol–water partition coefficient (Wildman–Crippen LogP) is 13.5. The highest BCUT2D eigenvalue weighted by Gasteiger charge is 2.69. The van der Waals surface area contributed by atoms with E-state index in [1.807, 2.05) is 24.3 Å². The molecule has 18 heteroatoms. The van der Waals surface area contributed by atoms with Gasteiger partial charge >= 0.3 is 5.97 Å². The Morgan fingerprint density at radius 2 is 1.49 bits per heavy atom. The summed E-state index contributed by atoms with van der Waals surface area (Å²) in [6.45, 7) is 34.6. The largest absolute Gasteiger partial charge is 0.458 e. The first-order chi connectivity index (χ1) is 39.8. The number of benzene rings is 2. The summed E-state index contributed by atoms with van der Waals surface area (Å²) in [6.07, 6.45) is 0.160. The van der Waals surface area contributed by atoms with Crippen LogP contribution in [0, 0.1) is 23.7 Å². The molecule has 2 aromatic rings. The first kappa shape index (κ1) is 66.3. The summed E-state index contributed by atoms with van der Waals surface area (Å²) in [4.78, 5) is 13.5. The maximum atomic E-state index is 15.7. The van der Waals surface area contributed by atoms with Gasteiger partial charge in [-0.2, -0.15) is 0 Å². The molecule has 14 nitrogen and oxygen atoms in total. The van der Waals surface area contributed by atoms with Gasteiger partial charge < -0.3 is 51.9 Å². The third kappa shape index (κ3) is 14.7. The van der Waals surface area contributed by atoms with Crippen LogP contribution < -0.4 is 0 Å². The van der Waals surface area contributed by atoms with Crippen LogP contribution in [-0.4, -0.2) is 146 Å². The minimum atomic E-state index is -4.22. The predicted molar refractivity (Wildman–Crippen MR) is 335 cm³/mol. The summed E-state index contributed by atoms with van der Waals surface area (Å²) < 4.78 is 101. The topological polar surface area (TPSA) is 164 Å². The molecule has 0 spiro atoms. The Balaban J connectivity index is 0.960. The van der Waals surface area contributed by atoms with E-state index in [2.05, 4.69) is 104 Å². The molecule has 4 unspecified atom stereocenters. The zero-order valence-corrected chi connectivity index (χ0v) is 56.6. The van der Waals surface area contributed by atoms with Crippen molar-refractivity contribution >= 4 is 48.4 Å². The maximum absolute atomic E-state index is 15.7. The number of aliphatic hydroxyl groups excluding tert-OH is 1. The molecule has 0 radical (unpaired) electrons. The van der Waals surface area contributed by atoms with Crippen LogP contribution in [0.5, 0.6) is 0 Å². The minimum absolute atomic E-state index is 0.00666. The van der Waals surface area contributed by atoms with Gasteiger partial charge in [-0.3, -0.25) is 0 Å². The van der Waals surface area contributed by atoms with Crippen molar-refractivity contribution in [2.24, 2.45) is 23.7 Å². The second-order valence-corrected chi connectivity index (χ2v) is 40.4. The first-order valence-electron chi connectivity index (χ1n) is 32.0. The fourth-order valence-electron chi connectivity index (χ4n) is 14.7. The number of hydrogen-bond acceptors (Lipinski definition) is 14. The Morgan fingerprint density at radius 3 is 2.15 bits per heavy atom. The van der Waals surface area contributed by atoms with Gasteiger partial charge in [-0.25, -0.2) is 13.2 Å². The van der Waals surface area contributed by atoms with Crippen molar-refractivity contribution in [3.63, 3.8) is 0 Å². The standard InChI is InChI=1S/C66H101BrO14SSi2/c1-14-84(15-2,16-3)72-33-23-26-47-35-42(5)44(7)54(74-47)38-55-57(45(8)53(77-55)34-41(4)40-73-83(12,13)65(9,10)11)63(82(70,71)50-27-21-18-22-28-50)51(68)37-48-29-30-52-58(75-48)62-61-60(78-52)59-56(79-61)39-66(80-59,81-62)32-31-49(36-43(6)67)76-64(69)46-24-19-17-20-25-46/h17-22,24-25,27-28,41-42,45,47-49,51-63,68H,6-7,14-16,23,26,29-40H2,1-5,8-13H3/t41-,42+,45-,47-,48+,49+,51?,52-,53+,54+,55?,56+,57+,58-,59-,60-,61+,62?,63?,66-/m0/s1. The van der Waals surface area contributed by atoms with Crippen molar-refractivity contribution in [1.82, 2.24) is 0 Å². The molecule has 10 rings (SSSR count). The lowest BCUT2D eigenvalue weighted by Crippen LogP contribution is -2.62. The lowest BCUT2D eigenvalue weighted by molar-refractivity contribution is -0.293. The monoisotopic (exact) mass is 1280 g/mol. The maximum Gasteiger partial charge on any atom is 0.338 e. The van der Waals surface area contributed by atoms with Crippen molar-refractivity contribution in [3.05, 3.63) is 89.4 Å². The number of halogens is 1. The molecule has 2 aromatic carbocycles. The molecular formula is C66H101BrO14SSi2. The number of carbonyl (C=O) groups is 1. The van der Waals surface area contributed by atoms with E-state index in [0.717, 1.165) is 49.6 Å². The molecule has 0 aliphatic carbocycles. The molecule has 84 heavy (non-hydrogen) atoms. The van der Waals surface area contributed by atoms with Gasteiger partial charge in [0, 0.05) is 51.2 Å². The van der Waals surface area contributed by atoms with Crippen molar-refractivity contribution < 1.29 is 65.1 Å². The molecule has 0 amide bonds. The average Bonchev–Trinajstić information content (AvgIpc) is 1.59. The molecular weight excluding hydrogens is 1180 g/mol. The Hall–Kier alpha value is -2.15. The minimum Gasteiger partial charge on any atom is -0.458 e. The van der Waals surface area contributed by atoms with Crippen LogP contribution in [0.15, 0.2) is 88.8 Å². The summed E-state index contributed by atoms with van der Waals surface area (Å²) in [5.41, 5.74) is 1.46. The van der Waals surface area contributed by atoms with Gasteiger partial charge in [-0.1, -0.05) is 128 Å². The number of carbonyl (C=O) groups excluding carboxylic acids is 1. The fourth-order valence-corrected chi connectivity index (χ4v) is 21.1. The zero-order valence-electron chi connectivity index (χ0n) is 52.2. The fraction of sp³-hybridized carbons (Fsp3) is 0.742. The summed E-state index contributed by atoms with van der Waals surface area (Å²) in [7, 11) is -8.01. The Labute approximate surface area is 513 Å². The molecule has 8 saturated heterocycles. The van der Waals surface area contributed by atoms with E-state index in [1.54, 1.807) is 36.4 Å². The Bertz CT molecular complexity index is 2630. The summed E-state index contributed by atoms with van der Waals surface area (Å²) in [6, 6.07) is 20.9. The second-order valence-electron chi connectivity index (χ2n) is 27.6. The highest BCUT2D eigenvalue weighted by Crippen LogP contribution is 2.55. The molecule has 8 fully saturated rings. The molecule has 6 bridgehead atoms. The van der Waals surface area contributed by atoms with E-state index >= 15 is 8.42 Å². The smallest absolute Gasteiger partial charge is 0.338 e. The number of esters is 1. The SMILES string of the molecule is C=C(Br)C[C@@H](CC[C@@]12C[C@H]3O[C@H]4C(O1)[C@H]1O[C@@H](CC(O)C([C@H]5C(C[C@H]6O[C@@H](CCCO[Si](CC)(CC)CC)C[C@@H](C)C6=C)O[C@H](C[C@H](C)CO[Si](C)(C)C(C)(C)C)[C@@H]5C)S(=O)(=O)c5ccccc5)CC[C@@H]1O[C@H]4[C@H]3O2)OC(=O)c1ccccc1. The number of fused-ring (bicyclic) bond motifs is 1. The van der Waals surface area contributed by atoms with Crippen molar-refractivity contribution in [3.8, 4) is 0 Å². The van der Waals surface area contributed by atoms with Crippen LogP contribution >= 0.6 is 15.9 Å². The number of ether oxygens (including phenoxy) is 8. The quantitative estimate of drug-likeness (QED) is 0.0370. The lowest BCUT2D eigenvalue weighted by atomic mass is 9.78. The van der Waals surface area contributed by atoms with Crippen LogP contribution in [-0.2, 0) is 56.6 Å². The van der Waals surface area contributed by atoms with Gasteiger partial charge in [0.1, 0.15) is 36.6 Å². The first-order valence-corrected chi connectivity index (χ1v) is 39.7. The van der Waals surface area contributed by atoms with Gasteiger partial charge in [-0.05, 0) is 133 Å². The van der Waals surface area contributed by atoms with Gasteiger partial charge in [-0.15, -0.1) is 0 Å². The molecule has 0 saturated carbocycles. The summed E-state index contributed by atoms with van der Waals surface area (Å²) in [5.74, 6) is -2.04. The number of aliphatic hydroxyl groups is 1. The Kier molecular flexibility index (Phi) is 21.7. The summed E-state index contributed by atoms with van der Waals surface area (Å²) >= 11 is 3.51. The van der Waals surface area contributed by atoms with Gasteiger partial charge in [0.2, 0.25) is 0 Å². The molecule has 470 valence electrons. The average molecular weight is 1290 g/mol. The molecule has 8 heterocycles. The second kappa shape index (κ2) is 27.5. The number of sulfone groups is 1. The van der Waals surface area contributed by atoms with Crippen LogP contribution in [0.3, 0.4) is 0 Å². The molecule has 8 aliphatic heterocycles. The van der Waals surface area contributed by atoms with Crippen molar-refractivity contribution in [2.45, 2.75) is 277 Å². The van der Waals surface area contributed by atoms with E-state index in [4.69, 9.17) is 46.7 Å². The van der Waals surface area contributed by atoms with E-state index in [-0.39, 0.29) is 76.8 Å². The highest BCUT2D eigenvalue weighted by molar-refractivity contribution is 9.11. The third-order valence-electron chi connectivity index (χ3n) is 20.9. The van der Waals surface area contributed by atoms with Gasteiger partial charge in [0.05, 0.1) is 64.5 Å². The van der Waals surface area contributed by atoms with E-state index in [0.29, 0.717) is 68.0 Å². The van der Waals surface area contributed by atoms with Crippen molar-refractivity contribution in [2.75, 3.05) is 13.2 Å². The molecule has 20 atom stereocenters. The Morgan fingerprint density at radius 1 is 0.833 bits per heavy atom. The normalized spacial score (nSPS) is 34.6. The van der Waals surface area contributed by atoms with Crippen LogP contribution in [0.1, 0.15) is 150 Å². The van der Waals surface area contributed by atoms with Crippen LogP contribution in [0.25, 0.3) is 0 Å². The lowest BCUT2D eigenvalue weighted by Gasteiger charge is -2.48. The van der Waals surface area contributed by atoms with Crippen LogP contribution in [0.4, 0.5) is 0 Å². The molecule has 1 N–H and O–H groups in total. The van der Waals surface area contributed by atoms with Gasteiger partial charge in [0.25, 0.3) is 0 Å². The van der Waals surface area contributed by atoms with Gasteiger partial charge in [0.15, 0.2) is 32.3 Å². The molecule has 0 aromatic heterocycles. The number of rotatable bonds is 28. The van der Waals surface area contributed by atoms with Crippen LogP contribution in [0.2, 0.25) is 36.3 Å².